The molecule has 2 saturated carbocycles. The molecule has 5 atom stereocenters. The van der Waals surface area contributed by atoms with Crippen molar-refractivity contribution in [3.05, 3.63) is 0 Å². The summed E-state index contributed by atoms with van der Waals surface area (Å²) in [6, 6.07) is 0. The molecule has 1 heterocycles. The average Bonchev–Trinajstić information content (AvgIpc) is 2.85. The van der Waals surface area contributed by atoms with Gasteiger partial charge in [-0.05, 0) is 37.5 Å². The molecule has 0 radical (unpaired) electrons. The van der Waals surface area contributed by atoms with E-state index >= 15 is 0 Å². The van der Waals surface area contributed by atoms with Crippen molar-refractivity contribution in [3.8, 4) is 0 Å². The summed E-state index contributed by atoms with van der Waals surface area (Å²) in [5.41, 5.74) is -0.334. The Hall–Kier alpha value is -0.370. The van der Waals surface area contributed by atoms with Gasteiger partial charge in [0.15, 0.2) is 5.78 Å². The molecule has 0 bridgehead atoms. The van der Waals surface area contributed by atoms with Crippen molar-refractivity contribution in [3.63, 3.8) is 0 Å². The largest absolute Gasteiger partial charge is 0.363 e. The Kier molecular flexibility index (Phi) is 1.65. The van der Waals surface area contributed by atoms with Gasteiger partial charge in [0.1, 0.15) is 5.60 Å². The molecule has 1 aliphatic heterocycles. The fourth-order valence-electron chi connectivity index (χ4n) is 3.16. The molecular formula is C12H18O2. The molecule has 78 valence electrons. The fraction of sp³-hybridized carbons (Fsp3) is 0.917. The maximum atomic E-state index is 12.1. The third-order valence-electron chi connectivity index (χ3n) is 4.52. The predicted octanol–water partition coefficient (Wildman–Crippen LogP) is 2.17. The number of Topliss-reactive ketones (excluding diaryl/α,β-unsaturated/α-hetero) is 1. The van der Waals surface area contributed by atoms with Gasteiger partial charge < -0.3 is 4.74 Å². The lowest BCUT2D eigenvalue weighted by molar-refractivity contribution is -0.144. The van der Waals surface area contributed by atoms with E-state index in [0.29, 0.717) is 17.8 Å². The minimum atomic E-state index is -0.334. The molecule has 3 aliphatic rings. The van der Waals surface area contributed by atoms with Gasteiger partial charge in [-0.1, -0.05) is 13.8 Å². The number of carbonyl (C=O) groups excluding carboxylic acids is 1. The molecule has 0 N–H and O–H groups in total. The lowest BCUT2D eigenvalue weighted by Gasteiger charge is -2.39. The molecule has 0 aromatic heterocycles. The van der Waals surface area contributed by atoms with Crippen molar-refractivity contribution in [1.82, 2.24) is 0 Å². The van der Waals surface area contributed by atoms with Crippen LogP contribution in [-0.2, 0) is 9.53 Å². The molecule has 0 aromatic carbocycles. The minimum Gasteiger partial charge on any atom is -0.363 e. The molecular weight excluding hydrogens is 176 g/mol. The van der Waals surface area contributed by atoms with Gasteiger partial charge in [0.2, 0.25) is 0 Å². The Bertz CT molecular complexity index is 286. The second-order valence-electron chi connectivity index (χ2n) is 5.55. The predicted molar refractivity (Wildman–Crippen MR) is 52.9 cm³/mol. The summed E-state index contributed by atoms with van der Waals surface area (Å²) in [6.45, 7) is 4.55. The number of ether oxygens (including phenoxy) is 1. The summed E-state index contributed by atoms with van der Waals surface area (Å²) >= 11 is 0. The molecule has 0 aromatic rings. The standard InChI is InChI=1S/C12H18O2/c1-7-3-4-12(6-8(7)2)11(13)9-5-10(9)14-12/h7-10H,3-6H2,1-2H3. The summed E-state index contributed by atoms with van der Waals surface area (Å²) in [5.74, 6) is 2.12. The van der Waals surface area contributed by atoms with Gasteiger partial charge >= 0.3 is 0 Å². The Morgan fingerprint density at radius 2 is 2.14 bits per heavy atom. The maximum Gasteiger partial charge on any atom is 0.170 e. The van der Waals surface area contributed by atoms with Crippen LogP contribution in [0.15, 0.2) is 0 Å². The van der Waals surface area contributed by atoms with Crippen LogP contribution >= 0.6 is 0 Å². The molecule has 14 heavy (non-hydrogen) atoms. The maximum absolute atomic E-state index is 12.1. The van der Waals surface area contributed by atoms with Crippen LogP contribution in [0.1, 0.15) is 39.5 Å². The highest BCUT2D eigenvalue weighted by atomic mass is 16.5. The van der Waals surface area contributed by atoms with E-state index in [-0.39, 0.29) is 11.5 Å². The molecule has 3 fully saturated rings. The summed E-state index contributed by atoms with van der Waals surface area (Å²) in [5, 5.41) is 0. The molecule has 0 amide bonds. The molecule has 3 rings (SSSR count). The van der Waals surface area contributed by atoms with E-state index in [1.54, 1.807) is 0 Å². The SMILES string of the molecule is CC1CCC2(CC1C)OC1CC1C2=O. The normalized spacial score (nSPS) is 56.3. The Morgan fingerprint density at radius 3 is 2.71 bits per heavy atom. The molecule has 2 aliphatic carbocycles. The van der Waals surface area contributed by atoms with Crippen LogP contribution in [0, 0.1) is 17.8 Å². The van der Waals surface area contributed by atoms with Crippen LogP contribution in [0.4, 0.5) is 0 Å². The second-order valence-corrected chi connectivity index (χ2v) is 5.55. The van der Waals surface area contributed by atoms with Gasteiger partial charge in [0.25, 0.3) is 0 Å². The van der Waals surface area contributed by atoms with Gasteiger partial charge in [0.05, 0.1) is 6.10 Å². The summed E-state index contributed by atoms with van der Waals surface area (Å²) in [4.78, 5) is 12.1. The van der Waals surface area contributed by atoms with Gasteiger partial charge in [-0.3, -0.25) is 4.79 Å². The van der Waals surface area contributed by atoms with E-state index in [2.05, 4.69) is 13.8 Å². The zero-order valence-corrected chi connectivity index (χ0v) is 8.95. The molecule has 5 unspecified atom stereocenters. The highest BCUT2D eigenvalue weighted by Crippen LogP contribution is 2.54. The Morgan fingerprint density at radius 1 is 1.36 bits per heavy atom. The smallest absolute Gasteiger partial charge is 0.170 e. The first-order chi connectivity index (χ1) is 6.62. The second kappa shape index (κ2) is 2.60. The minimum absolute atomic E-state index is 0.288. The first-order valence-electron chi connectivity index (χ1n) is 5.84. The fourth-order valence-corrected chi connectivity index (χ4v) is 3.16. The van der Waals surface area contributed by atoms with E-state index in [1.807, 2.05) is 0 Å². The lowest BCUT2D eigenvalue weighted by Crippen LogP contribution is -2.44. The number of ketones is 1. The van der Waals surface area contributed by atoms with Crippen molar-refractivity contribution < 1.29 is 9.53 Å². The monoisotopic (exact) mass is 194 g/mol. The van der Waals surface area contributed by atoms with Crippen LogP contribution in [0.25, 0.3) is 0 Å². The van der Waals surface area contributed by atoms with Crippen molar-refractivity contribution in [2.45, 2.75) is 51.2 Å². The topological polar surface area (TPSA) is 26.3 Å². The van der Waals surface area contributed by atoms with Gasteiger partial charge in [-0.15, -0.1) is 0 Å². The number of rotatable bonds is 0. The van der Waals surface area contributed by atoms with Crippen molar-refractivity contribution in [2.24, 2.45) is 17.8 Å². The van der Waals surface area contributed by atoms with Crippen LogP contribution < -0.4 is 0 Å². The highest BCUT2D eigenvalue weighted by Gasteiger charge is 2.63. The average molecular weight is 194 g/mol. The van der Waals surface area contributed by atoms with Crippen molar-refractivity contribution in [2.75, 3.05) is 0 Å². The molecule has 1 saturated heterocycles. The van der Waals surface area contributed by atoms with E-state index in [0.717, 1.165) is 31.6 Å². The van der Waals surface area contributed by atoms with Crippen LogP contribution in [0.3, 0.4) is 0 Å². The molecule has 2 nitrogen and oxygen atoms in total. The highest BCUT2D eigenvalue weighted by molar-refractivity contribution is 5.94. The van der Waals surface area contributed by atoms with E-state index in [1.165, 1.54) is 0 Å². The quantitative estimate of drug-likeness (QED) is 0.590. The third kappa shape index (κ3) is 1.04. The van der Waals surface area contributed by atoms with E-state index in [4.69, 9.17) is 4.74 Å². The first kappa shape index (κ1) is 8.90. The summed E-state index contributed by atoms with van der Waals surface area (Å²) in [7, 11) is 0. The van der Waals surface area contributed by atoms with Gasteiger partial charge in [-0.2, -0.15) is 0 Å². The van der Waals surface area contributed by atoms with Crippen molar-refractivity contribution in [1.29, 1.82) is 0 Å². The Labute approximate surface area is 85.0 Å². The Balaban J connectivity index is 1.81. The van der Waals surface area contributed by atoms with Gasteiger partial charge in [-0.25, -0.2) is 0 Å². The molecule has 2 heteroatoms. The number of carbonyl (C=O) groups is 1. The first-order valence-corrected chi connectivity index (χ1v) is 5.84. The number of fused-ring (bicyclic) bond motifs is 1. The third-order valence-corrected chi connectivity index (χ3v) is 4.52. The van der Waals surface area contributed by atoms with Crippen LogP contribution in [-0.4, -0.2) is 17.5 Å². The summed E-state index contributed by atoms with van der Waals surface area (Å²) in [6.07, 6.45) is 4.42. The van der Waals surface area contributed by atoms with E-state index in [9.17, 15) is 4.79 Å². The molecule has 1 spiro atoms. The summed E-state index contributed by atoms with van der Waals surface area (Å²) < 4.78 is 5.95. The van der Waals surface area contributed by atoms with Crippen LogP contribution in [0.5, 0.6) is 0 Å². The van der Waals surface area contributed by atoms with E-state index < -0.39 is 0 Å². The van der Waals surface area contributed by atoms with Crippen LogP contribution in [0.2, 0.25) is 0 Å². The zero-order valence-electron chi connectivity index (χ0n) is 8.95. The lowest BCUT2D eigenvalue weighted by atomic mass is 9.71. The number of hydrogen-bond donors (Lipinski definition) is 0. The van der Waals surface area contributed by atoms with Gasteiger partial charge in [0, 0.05) is 5.92 Å². The number of hydrogen-bond acceptors (Lipinski definition) is 2. The van der Waals surface area contributed by atoms with Crippen molar-refractivity contribution >= 4 is 5.78 Å². The zero-order chi connectivity index (χ0) is 9.92.